The molecule has 0 saturated carbocycles. The summed E-state index contributed by atoms with van der Waals surface area (Å²) in [6.07, 6.45) is 2.63. The third kappa shape index (κ3) is 2.79. The van der Waals surface area contributed by atoms with Crippen LogP contribution in [0.25, 0.3) is 0 Å². The molecule has 2 atom stereocenters. The largest absolute Gasteiger partial charge is 0.321 e. The molecule has 2 saturated heterocycles. The third-order valence-corrected chi connectivity index (χ3v) is 6.05. The predicted octanol–water partition coefficient (Wildman–Crippen LogP) is 4.01. The first-order chi connectivity index (χ1) is 9.04. The third-order valence-electron chi connectivity index (χ3n) is 3.57. The van der Waals surface area contributed by atoms with Gasteiger partial charge < -0.3 is 9.19 Å². The Morgan fingerprint density at radius 2 is 1.95 bits per heavy atom. The molecule has 0 amide bonds. The maximum atomic E-state index is 6.40. The lowest BCUT2D eigenvalue weighted by Crippen LogP contribution is -2.25. The van der Waals surface area contributed by atoms with Crippen molar-refractivity contribution in [3.8, 4) is 0 Å². The van der Waals surface area contributed by atoms with Gasteiger partial charge in [-0.2, -0.15) is 0 Å². The lowest BCUT2D eigenvalue weighted by molar-refractivity contribution is 0.139. The summed E-state index contributed by atoms with van der Waals surface area (Å²) in [4.78, 5) is 0. The molecule has 0 spiro atoms. The number of anilines is 1. The Bertz CT molecular complexity index is 432. The molecular weight excluding hydrogens is 255 g/mol. The van der Waals surface area contributed by atoms with E-state index in [1.165, 1.54) is 25.1 Å². The van der Waals surface area contributed by atoms with Crippen molar-refractivity contribution in [2.45, 2.75) is 45.3 Å². The summed E-state index contributed by atoms with van der Waals surface area (Å²) < 4.78 is 11.5. The van der Waals surface area contributed by atoms with E-state index in [4.69, 9.17) is 4.52 Å². The van der Waals surface area contributed by atoms with Crippen molar-refractivity contribution in [1.29, 1.82) is 0 Å². The Labute approximate surface area is 117 Å². The molecule has 19 heavy (non-hydrogen) atoms. The van der Waals surface area contributed by atoms with Crippen molar-refractivity contribution in [3.05, 3.63) is 30.3 Å². The highest BCUT2D eigenvalue weighted by atomic mass is 31.2. The highest BCUT2D eigenvalue weighted by molar-refractivity contribution is 7.52. The Hall–Kier alpha value is -0.630. The van der Waals surface area contributed by atoms with E-state index >= 15 is 0 Å². The van der Waals surface area contributed by atoms with Gasteiger partial charge in [0.25, 0.3) is 0 Å². The Morgan fingerprint density at radius 3 is 2.63 bits per heavy atom. The lowest BCUT2D eigenvalue weighted by atomic mass is 10.2. The molecule has 0 aromatic heterocycles. The molecule has 4 heteroatoms. The summed E-state index contributed by atoms with van der Waals surface area (Å²) >= 11 is 0. The Morgan fingerprint density at radius 1 is 1.21 bits per heavy atom. The first kappa shape index (κ1) is 13.4. The van der Waals surface area contributed by atoms with Gasteiger partial charge in [0, 0.05) is 24.8 Å². The minimum Gasteiger partial charge on any atom is -0.321 e. The molecule has 0 radical (unpaired) electrons. The Kier molecular flexibility index (Phi) is 3.55. The number of rotatable bonds is 2. The number of nitrogens with zero attached hydrogens (tertiary/aromatic N) is 2. The SMILES string of the molecule is CC(C)(C)OP1N(c2ccccc2)CC2CCCN21. The van der Waals surface area contributed by atoms with Crippen LogP contribution in [0.5, 0.6) is 0 Å². The second kappa shape index (κ2) is 5.05. The monoisotopic (exact) mass is 278 g/mol. The van der Waals surface area contributed by atoms with Crippen LogP contribution in [0.3, 0.4) is 0 Å². The molecular formula is C15H23N2OP. The number of para-hydroxylation sites is 1. The molecule has 1 aromatic carbocycles. The van der Waals surface area contributed by atoms with Gasteiger partial charge in [-0.05, 0) is 45.7 Å². The molecule has 2 aliphatic rings. The minimum atomic E-state index is -0.647. The van der Waals surface area contributed by atoms with Gasteiger partial charge in [-0.1, -0.05) is 18.2 Å². The van der Waals surface area contributed by atoms with Crippen molar-refractivity contribution in [2.24, 2.45) is 0 Å². The summed E-state index contributed by atoms with van der Waals surface area (Å²) in [6.45, 7) is 8.77. The number of benzene rings is 1. The first-order valence-corrected chi connectivity index (χ1v) is 8.29. The molecule has 2 fully saturated rings. The maximum Gasteiger partial charge on any atom is 0.218 e. The average Bonchev–Trinajstić information content (AvgIpc) is 2.92. The van der Waals surface area contributed by atoms with Crippen LogP contribution in [0, 0.1) is 0 Å². The van der Waals surface area contributed by atoms with Crippen LogP contribution in [0.2, 0.25) is 0 Å². The normalized spacial score (nSPS) is 27.8. The van der Waals surface area contributed by atoms with Crippen LogP contribution in [0.1, 0.15) is 33.6 Å². The molecule has 1 aromatic rings. The summed E-state index contributed by atoms with van der Waals surface area (Å²) in [6, 6.07) is 11.4. The molecule has 3 nitrogen and oxygen atoms in total. The molecule has 3 rings (SSSR count). The smallest absolute Gasteiger partial charge is 0.218 e. The second-order valence-corrected chi connectivity index (χ2v) is 8.02. The highest BCUT2D eigenvalue weighted by Crippen LogP contribution is 2.58. The summed E-state index contributed by atoms with van der Waals surface area (Å²) in [5.41, 5.74) is 1.21. The molecule has 0 N–H and O–H groups in total. The van der Waals surface area contributed by atoms with Gasteiger partial charge in [-0.3, -0.25) is 0 Å². The van der Waals surface area contributed by atoms with Crippen molar-refractivity contribution in [1.82, 2.24) is 4.67 Å². The van der Waals surface area contributed by atoms with Crippen LogP contribution in [0.15, 0.2) is 30.3 Å². The molecule has 104 valence electrons. The standard InChI is InChI=1S/C15H23N2OP/c1-15(2,3)18-19-16-11-7-10-14(16)12-17(19)13-8-5-4-6-9-13/h4-6,8-9,14H,7,10-12H2,1-3H3. The van der Waals surface area contributed by atoms with E-state index in [9.17, 15) is 0 Å². The number of hydrogen-bond donors (Lipinski definition) is 0. The van der Waals surface area contributed by atoms with E-state index in [0.29, 0.717) is 6.04 Å². The van der Waals surface area contributed by atoms with Crippen LogP contribution in [-0.2, 0) is 4.52 Å². The summed E-state index contributed by atoms with van der Waals surface area (Å²) in [5.74, 6) is 0. The zero-order valence-electron chi connectivity index (χ0n) is 12.0. The summed E-state index contributed by atoms with van der Waals surface area (Å²) in [5, 5.41) is 0. The maximum absolute atomic E-state index is 6.40. The van der Waals surface area contributed by atoms with Gasteiger partial charge in [0.15, 0.2) is 0 Å². The minimum absolute atomic E-state index is 0.0871. The van der Waals surface area contributed by atoms with Crippen LogP contribution < -0.4 is 4.67 Å². The zero-order chi connectivity index (χ0) is 13.5. The molecule has 0 aliphatic carbocycles. The first-order valence-electron chi connectivity index (χ1n) is 7.13. The van der Waals surface area contributed by atoms with E-state index in [0.717, 1.165) is 6.54 Å². The number of hydrogen-bond acceptors (Lipinski definition) is 3. The van der Waals surface area contributed by atoms with Gasteiger partial charge in [0.2, 0.25) is 8.45 Å². The average molecular weight is 278 g/mol. The highest BCUT2D eigenvalue weighted by Gasteiger charge is 2.45. The zero-order valence-corrected chi connectivity index (χ0v) is 12.9. The molecule has 0 bridgehead atoms. The van der Waals surface area contributed by atoms with Crippen LogP contribution in [-0.4, -0.2) is 29.4 Å². The van der Waals surface area contributed by atoms with Crippen molar-refractivity contribution < 1.29 is 4.52 Å². The van der Waals surface area contributed by atoms with E-state index in [2.05, 4.69) is 60.4 Å². The molecule has 2 aliphatic heterocycles. The van der Waals surface area contributed by atoms with Crippen molar-refractivity contribution in [3.63, 3.8) is 0 Å². The quantitative estimate of drug-likeness (QED) is 0.760. The fraction of sp³-hybridized carbons (Fsp3) is 0.600. The molecule has 2 unspecified atom stereocenters. The summed E-state index contributed by atoms with van der Waals surface area (Å²) in [7, 11) is -0.647. The van der Waals surface area contributed by atoms with Gasteiger partial charge in [0.1, 0.15) is 0 Å². The van der Waals surface area contributed by atoms with E-state index in [1.54, 1.807) is 0 Å². The fourth-order valence-corrected chi connectivity index (χ4v) is 5.20. The number of fused-ring (bicyclic) bond motifs is 1. The van der Waals surface area contributed by atoms with Gasteiger partial charge in [-0.15, -0.1) is 0 Å². The van der Waals surface area contributed by atoms with Crippen LogP contribution >= 0.6 is 8.45 Å². The van der Waals surface area contributed by atoms with Gasteiger partial charge in [-0.25, -0.2) is 4.67 Å². The van der Waals surface area contributed by atoms with E-state index in [-0.39, 0.29) is 5.60 Å². The fourth-order valence-electron chi connectivity index (χ4n) is 2.79. The lowest BCUT2D eigenvalue weighted by Gasteiger charge is -2.34. The predicted molar refractivity (Wildman–Crippen MR) is 81.3 cm³/mol. The van der Waals surface area contributed by atoms with E-state index < -0.39 is 8.45 Å². The van der Waals surface area contributed by atoms with Crippen molar-refractivity contribution in [2.75, 3.05) is 17.8 Å². The van der Waals surface area contributed by atoms with Crippen molar-refractivity contribution >= 4 is 14.1 Å². The molecule has 2 heterocycles. The van der Waals surface area contributed by atoms with Gasteiger partial charge >= 0.3 is 0 Å². The second-order valence-electron chi connectivity index (χ2n) is 6.33. The Balaban J connectivity index is 1.86. The van der Waals surface area contributed by atoms with Crippen LogP contribution in [0.4, 0.5) is 5.69 Å². The topological polar surface area (TPSA) is 15.7 Å². The van der Waals surface area contributed by atoms with Gasteiger partial charge in [0.05, 0.1) is 5.60 Å². The van der Waals surface area contributed by atoms with E-state index in [1.807, 2.05) is 0 Å².